The average molecular weight is 345 g/mol. The molecular weight excluding hydrogens is 330 g/mol. The second kappa shape index (κ2) is 6.47. The summed E-state index contributed by atoms with van der Waals surface area (Å²) >= 11 is 9.73. The fourth-order valence-electron chi connectivity index (χ4n) is 1.93. The van der Waals surface area contributed by atoms with Gasteiger partial charge in [0.15, 0.2) is 0 Å². The molecule has 0 radical (unpaired) electrons. The van der Waals surface area contributed by atoms with Crippen molar-refractivity contribution in [1.29, 1.82) is 0 Å². The Morgan fingerprint density at radius 2 is 2.32 bits per heavy atom. The molecule has 1 aromatic carbocycles. The zero-order valence-electron chi connectivity index (χ0n) is 10.5. The fourth-order valence-corrected chi connectivity index (χ4v) is 2.54. The van der Waals surface area contributed by atoms with Crippen LogP contribution >= 0.6 is 27.5 Å². The van der Waals surface area contributed by atoms with Crippen molar-refractivity contribution >= 4 is 27.5 Å². The Morgan fingerprint density at radius 3 is 3.00 bits per heavy atom. The van der Waals surface area contributed by atoms with E-state index in [0.29, 0.717) is 5.02 Å². The third-order valence-electron chi connectivity index (χ3n) is 2.80. The summed E-state index contributed by atoms with van der Waals surface area (Å²) in [6.07, 6.45) is 2.50. The Balaban J connectivity index is 2.44. The molecule has 1 atom stereocenters. The van der Waals surface area contributed by atoms with Crippen molar-refractivity contribution in [2.45, 2.75) is 25.9 Å². The normalized spacial score (nSPS) is 12.6. The minimum Gasteiger partial charge on any atom is -0.270 e. The summed E-state index contributed by atoms with van der Waals surface area (Å²) in [6, 6.07) is 5.42. The summed E-state index contributed by atoms with van der Waals surface area (Å²) in [5.74, 6) is 6.43. The van der Waals surface area contributed by atoms with Crippen LogP contribution in [-0.2, 0) is 6.54 Å². The quantitative estimate of drug-likeness (QED) is 0.646. The smallest absolute Gasteiger partial charge is 0.149 e. The molecular formula is C12H15BrClN5. The molecule has 0 aliphatic carbocycles. The van der Waals surface area contributed by atoms with Gasteiger partial charge < -0.3 is 0 Å². The maximum atomic E-state index is 6.31. The van der Waals surface area contributed by atoms with Gasteiger partial charge in [-0.15, -0.1) is 0 Å². The summed E-state index contributed by atoms with van der Waals surface area (Å²) in [5, 5.41) is 4.83. The highest BCUT2D eigenvalue weighted by Gasteiger charge is 2.21. The molecule has 2 rings (SSSR count). The van der Waals surface area contributed by atoms with Crippen molar-refractivity contribution in [3.63, 3.8) is 0 Å². The van der Waals surface area contributed by atoms with E-state index in [4.69, 9.17) is 17.4 Å². The van der Waals surface area contributed by atoms with Gasteiger partial charge in [0.1, 0.15) is 18.2 Å². The third-order valence-corrected chi connectivity index (χ3v) is 4.11. The molecule has 0 bridgehead atoms. The molecule has 0 amide bonds. The zero-order chi connectivity index (χ0) is 13.8. The lowest BCUT2D eigenvalue weighted by molar-refractivity contribution is 0.511. The van der Waals surface area contributed by atoms with Crippen LogP contribution in [0.5, 0.6) is 0 Å². The number of hydrazine groups is 1. The maximum absolute atomic E-state index is 6.31. The van der Waals surface area contributed by atoms with E-state index >= 15 is 0 Å². The molecule has 0 saturated carbocycles. The van der Waals surface area contributed by atoms with E-state index in [-0.39, 0.29) is 6.04 Å². The van der Waals surface area contributed by atoms with Crippen molar-refractivity contribution in [3.8, 4) is 0 Å². The van der Waals surface area contributed by atoms with Gasteiger partial charge in [-0.2, -0.15) is 5.10 Å². The number of aryl methyl sites for hydroxylation is 1. The highest BCUT2D eigenvalue weighted by molar-refractivity contribution is 9.10. The van der Waals surface area contributed by atoms with Crippen molar-refractivity contribution < 1.29 is 0 Å². The predicted molar refractivity (Wildman–Crippen MR) is 78.6 cm³/mol. The van der Waals surface area contributed by atoms with Gasteiger partial charge >= 0.3 is 0 Å². The van der Waals surface area contributed by atoms with Crippen molar-refractivity contribution in [2.75, 3.05) is 0 Å². The highest BCUT2D eigenvalue weighted by Crippen LogP contribution is 2.32. The van der Waals surface area contributed by atoms with Gasteiger partial charge in [-0.25, -0.2) is 15.1 Å². The first-order valence-corrected chi connectivity index (χ1v) is 7.13. The Kier molecular flexibility index (Phi) is 4.93. The number of aromatic nitrogens is 3. The summed E-state index contributed by atoms with van der Waals surface area (Å²) in [4.78, 5) is 4.29. The lowest BCUT2D eigenvalue weighted by Crippen LogP contribution is -2.31. The monoisotopic (exact) mass is 343 g/mol. The number of benzene rings is 1. The Bertz CT molecular complexity index is 557. The number of nitrogens with zero attached hydrogens (tertiary/aromatic N) is 3. The van der Waals surface area contributed by atoms with Gasteiger partial charge in [-0.1, -0.05) is 30.7 Å². The lowest BCUT2D eigenvalue weighted by atomic mass is 10.1. The zero-order valence-corrected chi connectivity index (χ0v) is 12.8. The van der Waals surface area contributed by atoms with Gasteiger partial charge in [0.2, 0.25) is 0 Å². The Labute approximate surface area is 125 Å². The SMILES string of the molecule is CCCn1ncnc1C(NN)c1cccc(Br)c1Cl. The number of nitrogens with two attached hydrogens (primary N) is 1. The third kappa shape index (κ3) is 2.97. The van der Waals surface area contributed by atoms with Crippen LogP contribution in [0.3, 0.4) is 0 Å². The van der Waals surface area contributed by atoms with Crippen molar-refractivity contribution in [1.82, 2.24) is 20.2 Å². The van der Waals surface area contributed by atoms with Gasteiger partial charge in [-0.05, 0) is 34.0 Å². The van der Waals surface area contributed by atoms with Gasteiger partial charge in [0.05, 0.1) is 5.02 Å². The number of nitrogens with one attached hydrogen (secondary N) is 1. The first-order valence-electron chi connectivity index (χ1n) is 5.96. The molecule has 19 heavy (non-hydrogen) atoms. The Hall–Kier alpha value is -0.950. The molecule has 0 saturated heterocycles. The van der Waals surface area contributed by atoms with Crippen LogP contribution in [0.2, 0.25) is 5.02 Å². The first-order chi connectivity index (χ1) is 9.19. The van der Waals surface area contributed by atoms with E-state index in [1.165, 1.54) is 6.33 Å². The molecule has 1 heterocycles. The van der Waals surface area contributed by atoms with E-state index in [1.807, 2.05) is 22.9 Å². The largest absolute Gasteiger partial charge is 0.270 e. The standard InChI is InChI=1S/C12H15BrClN5/c1-2-6-19-12(16-7-17-19)11(18-15)8-4-3-5-9(13)10(8)14/h3-5,7,11,18H,2,6,15H2,1H3. The summed E-state index contributed by atoms with van der Waals surface area (Å²) in [6.45, 7) is 2.88. The summed E-state index contributed by atoms with van der Waals surface area (Å²) < 4.78 is 2.66. The summed E-state index contributed by atoms with van der Waals surface area (Å²) in [5.41, 5.74) is 3.62. The molecule has 5 nitrogen and oxygen atoms in total. The first kappa shape index (κ1) is 14.5. The number of rotatable bonds is 5. The van der Waals surface area contributed by atoms with E-state index in [9.17, 15) is 0 Å². The molecule has 0 fully saturated rings. The Morgan fingerprint density at radius 1 is 1.53 bits per heavy atom. The number of halogens is 2. The highest BCUT2D eigenvalue weighted by atomic mass is 79.9. The second-order valence-corrected chi connectivity index (χ2v) is 5.32. The van der Waals surface area contributed by atoms with Gasteiger partial charge in [0.25, 0.3) is 0 Å². The van der Waals surface area contributed by atoms with E-state index < -0.39 is 0 Å². The van der Waals surface area contributed by atoms with Crippen LogP contribution in [-0.4, -0.2) is 14.8 Å². The van der Waals surface area contributed by atoms with Crippen LogP contribution in [0.4, 0.5) is 0 Å². The molecule has 0 spiro atoms. The topological polar surface area (TPSA) is 68.8 Å². The minimum absolute atomic E-state index is 0.293. The summed E-state index contributed by atoms with van der Waals surface area (Å²) in [7, 11) is 0. The van der Waals surface area contributed by atoms with Crippen molar-refractivity contribution in [2.24, 2.45) is 5.84 Å². The number of hydrogen-bond acceptors (Lipinski definition) is 4. The minimum atomic E-state index is -0.293. The average Bonchev–Trinajstić information content (AvgIpc) is 2.84. The molecule has 0 aliphatic heterocycles. The van der Waals surface area contributed by atoms with Crippen LogP contribution in [0.15, 0.2) is 29.0 Å². The molecule has 1 aromatic heterocycles. The second-order valence-electron chi connectivity index (χ2n) is 4.08. The van der Waals surface area contributed by atoms with Gasteiger partial charge in [-0.3, -0.25) is 5.84 Å². The predicted octanol–water partition coefficient (Wildman–Crippen LogP) is 2.66. The molecule has 102 valence electrons. The molecule has 3 N–H and O–H groups in total. The van der Waals surface area contributed by atoms with Crippen LogP contribution < -0.4 is 11.3 Å². The molecule has 0 aliphatic rings. The lowest BCUT2D eigenvalue weighted by Gasteiger charge is -2.18. The van der Waals surface area contributed by atoms with Crippen LogP contribution in [0, 0.1) is 0 Å². The molecule has 1 unspecified atom stereocenters. The van der Waals surface area contributed by atoms with E-state index in [1.54, 1.807) is 0 Å². The van der Waals surface area contributed by atoms with E-state index in [0.717, 1.165) is 28.8 Å². The van der Waals surface area contributed by atoms with E-state index in [2.05, 4.69) is 38.4 Å². The molecule has 7 heteroatoms. The fraction of sp³-hybridized carbons (Fsp3) is 0.333. The maximum Gasteiger partial charge on any atom is 0.149 e. The molecule has 2 aromatic rings. The number of hydrogen-bond donors (Lipinski definition) is 2. The van der Waals surface area contributed by atoms with Crippen molar-refractivity contribution in [3.05, 3.63) is 45.4 Å². The van der Waals surface area contributed by atoms with Gasteiger partial charge in [0, 0.05) is 11.0 Å². The van der Waals surface area contributed by atoms with Crippen LogP contribution in [0.25, 0.3) is 0 Å². The van der Waals surface area contributed by atoms with Crippen LogP contribution in [0.1, 0.15) is 30.8 Å².